The number of thioether (sulfide) groups is 1. The zero-order valence-corrected chi connectivity index (χ0v) is 11.1. The summed E-state index contributed by atoms with van der Waals surface area (Å²) in [7, 11) is 1.66. The molecule has 0 aromatic heterocycles. The van der Waals surface area contributed by atoms with Gasteiger partial charge in [-0.05, 0) is 19.1 Å². The third kappa shape index (κ3) is 5.86. The lowest BCUT2D eigenvalue weighted by Crippen LogP contribution is -2.04. The Labute approximate surface area is 106 Å². The molecule has 0 unspecified atom stereocenters. The smallest absolute Gasteiger partial charge is 0.159 e. The second-order valence-corrected chi connectivity index (χ2v) is 4.70. The van der Waals surface area contributed by atoms with Gasteiger partial charge in [0.2, 0.25) is 0 Å². The summed E-state index contributed by atoms with van der Waals surface area (Å²) in [5.41, 5.74) is 0.755. The number of ketones is 1. The molecule has 4 heteroatoms. The van der Waals surface area contributed by atoms with Crippen molar-refractivity contribution in [1.82, 2.24) is 0 Å². The van der Waals surface area contributed by atoms with Crippen LogP contribution >= 0.6 is 11.8 Å². The first kappa shape index (κ1) is 14.2. The lowest BCUT2D eigenvalue weighted by atomic mass is 10.2. The standard InChI is InChI=1S/C13H18O3S/c1-11(14)12-3-5-13(6-4-12)17-10-9-16-8-7-15-2/h3-6H,7-10H2,1-2H3. The molecule has 1 aromatic carbocycles. The highest BCUT2D eigenvalue weighted by atomic mass is 32.2. The first-order chi connectivity index (χ1) is 8.24. The third-order valence-electron chi connectivity index (χ3n) is 2.19. The fourth-order valence-electron chi connectivity index (χ4n) is 1.25. The van der Waals surface area contributed by atoms with Crippen LogP contribution < -0.4 is 0 Å². The molecule has 0 saturated heterocycles. The molecule has 0 atom stereocenters. The van der Waals surface area contributed by atoms with Crippen LogP contribution in [0.2, 0.25) is 0 Å². The average Bonchev–Trinajstić information content (AvgIpc) is 2.34. The van der Waals surface area contributed by atoms with Crippen LogP contribution in [0, 0.1) is 0 Å². The Morgan fingerprint density at radius 2 is 1.88 bits per heavy atom. The molecule has 0 radical (unpaired) electrons. The van der Waals surface area contributed by atoms with Gasteiger partial charge in [0.25, 0.3) is 0 Å². The molecule has 0 bridgehead atoms. The number of carbonyl (C=O) groups is 1. The van der Waals surface area contributed by atoms with Gasteiger partial charge in [-0.1, -0.05) is 12.1 Å². The predicted octanol–water partition coefficient (Wildman–Crippen LogP) is 2.64. The second kappa shape index (κ2) is 8.28. The van der Waals surface area contributed by atoms with Crippen molar-refractivity contribution in [2.45, 2.75) is 11.8 Å². The minimum absolute atomic E-state index is 0.101. The summed E-state index contributed by atoms with van der Waals surface area (Å²) in [6.45, 7) is 3.56. The van der Waals surface area contributed by atoms with E-state index in [4.69, 9.17) is 9.47 Å². The fraction of sp³-hybridized carbons (Fsp3) is 0.462. The van der Waals surface area contributed by atoms with Gasteiger partial charge in [-0.15, -0.1) is 11.8 Å². The fourth-order valence-corrected chi connectivity index (χ4v) is 2.01. The molecule has 0 aliphatic heterocycles. The van der Waals surface area contributed by atoms with Gasteiger partial charge in [0, 0.05) is 23.3 Å². The molecule has 94 valence electrons. The second-order valence-electron chi connectivity index (χ2n) is 3.53. The van der Waals surface area contributed by atoms with Crippen LogP contribution in [0.1, 0.15) is 17.3 Å². The van der Waals surface area contributed by atoms with Crippen molar-refractivity contribution < 1.29 is 14.3 Å². The van der Waals surface area contributed by atoms with E-state index in [1.165, 1.54) is 0 Å². The average molecular weight is 254 g/mol. The number of ether oxygens (including phenoxy) is 2. The van der Waals surface area contributed by atoms with Gasteiger partial charge in [0.05, 0.1) is 19.8 Å². The van der Waals surface area contributed by atoms with Gasteiger partial charge in [-0.3, -0.25) is 4.79 Å². The van der Waals surface area contributed by atoms with Crippen LogP contribution in [-0.4, -0.2) is 38.5 Å². The van der Waals surface area contributed by atoms with Gasteiger partial charge in [-0.25, -0.2) is 0 Å². The number of benzene rings is 1. The predicted molar refractivity (Wildman–Crippen MR) is 69.9 cm³/mol. The van der Waals surface area contributed by atoms with Gasteiger partial charge < -0.3 is 9.47 Å². The number of methoxy groups -OCH3 is 1. The minimum atomic E-state index is 0.101. The summed E-state index contributed by atoms with van der Waals surface area (Å²) in [6.07, 6.45) is 0. The molecule has 0 amide bonds. The van der Waals surface area contributed by atoms with Crippen molar-refractivity contribution in [2.75, 3.05) is 32.7 Å². The summed E-state index contributed by atoms with van der Waals surface area (Å²) in [4.78, 5) is 12.2. The van der Waals surface area contributed by atoms with Gasteiger partial charge >= 0.3 is 0 Å². The SMILES string of the molecule is COCCOCCSc1ccc(C(C)=O)cc1. The summed E-state index contributed by atoms with van der Waals surface area (Å²) in [5.74, 6) is 1.01. The molecule has 3 nitrogen and oxygen atoms in total. The summed E-state index contributed by atoms with van der Waals surface area (Å²) >= 11 is 1.72. The van der Waals surface area contributed by atoms with Crippen molar-refractivity contribution in [1.29, 1.82) is 0 Å². The van der Waals surface area contributed by atoms with Gasteiger partial charge in [0.15, 0.2) is 5.78 Å². The Morgan fingerprint density at radius 3 is 2.47 bits per heavy atom. The maximum Gasteiger partial charge on any atom is 0.159 e. The molecule has 0 saturated carbocycles. The molecule has 0 N–H and O–H groups in total. The molecule has 0 aliphatic rings. The lowest BCUT2D eigenvalue weighted by molar-refractivity contribution is 0.0790. The molecular formula is C13H18O3S. The normalized spacial score (nSPS) is 10.5. The molecule has 0 heterocycles. The Bertz CT molecular complexity index is 335. The van der Waals surface area contributed by atoms with E-state index in [9.17, 15) is 4.79 Å². The Hall–Kier alpha value is -0.840. The Balaban J connectivity index is 2.21. The highest BCUT2D eigenvalue weighted by molar-refractivity contribution is 7.99. The summed E-state index contributed by atoms with van der Waals surface area (Å²) < 4.78 is 10.2. The van der Waals surface area contributed by atoms with E-state index in [1.807, 2.05) is 24.3 Å². The number of hydrogen-bond donors (Lipinski definition) is 0. The molecule has 0 spiro atoms. The van der Waals surface area contributed by atoms with Crippen molar-refractivity contribution in [3.63, 3.8) is 0 Å². The largest absolute Gasteiger partial charge is 0.382 e. The number of carbonyl (C=O) groups excluding carboxylic acids is 1. The van der Waals surface area contributed by atoms with Crippen molar-refractivity contribution >= 4 is 17.5 Å². The van der Waals surface area contributed by atoms with E-state index in [0.29, 0.717) is 19.8 Å². The monoisotopic (exact) mass is 254 g/mol. The maximum absolute atomic E-state index is 11.1. The van der Waals surface area contributed by atoms with Gasteiger partial charge in [-0.2, -0.15) is 0 Å². The van der Waals surface area contributed by atoms with Crippen LogP contribution in [0.5, 0.6) is 0 Å². The van der Waals surface area contributed by atoms with Gasteiger partial charge in [0.1, 0.15) is 0 Å². The van der Waals surface area contributed by atoms with Crippen LogP contribution in [0.15, 0.2) is 29.2 Å². The van der Waals surface area contributed by atoms with Crippen LogP contribution in [0.25, 0.3) is 0 Å². The molecular weight excluding hydrogens is 236 g/mol. The van der Waals surface area contributed by atoms with E-state index in [0.717, 1.165) is 16.2 Å². The van der Waals surface area contributed by atoms with Crippen LogP contribution in [-0.2, 0) is 9.47 Å². The van der Waals surface area contributed by atoms with E-state index in [1.54, 1.807) is 25.8 Å². The van der Waals surface area contributed by atoms with E-state index >= 15 is 0 Å². The van der Waals surface area contributed by atoms with Crippen molar-refractivity contribution in [2.24, 2.45) is 0 Å². The molecule has 0 fully saturated rings. The number of Topliss-reactive ketones (excluding diaryl/α,β-unsaturated/α-hetero) is 1. The zero-order valence-electron chi connectivity index (χ0n) is 10.3. The Kier molecular flexibility index (Phi) is 6.93. The molecule has 1 rings (SSSR count). The summed E-state index contributed by atoms with van der Waals surface area (Å²) in [6, 6.07) is 7.65. The van der Waals surface area contributed by atoms with E-state index in [2.05, 4.69) is 0 Å². The number of hydrogen-bond acceptors (Lipinski definition) is 4. The van der Waals surface area contributed by atoms with Crippen LogP contribution in [0.3, 0.4) is 0 Å². The minimum Gasteiger partial charge on any atom is -0.382 e. The maximum atomic E-state index is 11.1. The lowest BCUT2D eigenvalue weighted by Gasteiger charge is -2.04. The molecule has 0 aliphatic carbocycles. The number of rotatable bonds is 8. The molecule has 17 heavy (non-hydrogen) atoms. The van der Waals surface area contributed by atoms with E-state index in [-0.39, 0.29) is 5.78 Å². The third-order valence-corrected chi connectivity index (χ3v) is 3.17. The first-order valence-corrected chi connectivity index (χ1v) is 6.53. The highest BCUT2D eigenvalue weighted by Gasteiger charge is 1.99. The van der Waals surface area contributed by atoms with Crippen molar-refractivity contribution in [3.8, 4) is 0 Å². The van der Waals surface area contributed by atoms with Crippen molar-refractivity contribution in [3.05, 3.63) is 29.8 Å². The first-order valence-electron chi connectivity index (χ1n) is 5.54. The quantitative estimate of drug-likeness (QED) is 0.406. The Morgan fingerprint density at radius 1 is 1.18 bits per heavy atom. The zero-order chi connectivity index (χ0) is 12.5. The molecule has 1 aromatic rings. The summed E-state index contributed by atoms with van der Waals surface area (Å²) in [5, 5.41) is 0. The topological polar surface area (TPSA) is 35.5 Å². The highest BCUT2D eigenvalue weighted by Crippen LogP contribution is 2.18. The van der Waals surface area contributed by atoms with Crippen LogP contribution in [0.4, 0.5) is 0 Å². The van der Waals surface area contributed by atoms with E-state index < -0.39 is 0 Å².